The summed E-state index contributed by atoms with van der Waals surface area (Å²) < 4.78 is 20.7. The van der Waals surface area contributed by atoms with Crippen LogP contribution >= 0.6 is 23.2 Å². The number of carbonyl (C=O) groups is 2. The molecule has 3 aromatic carbocycles. The van der Waals surface area contributed by atoms with Crippen molar-refractivity contribution in [1.29, 1.82) is 0 Å². The number of carbonyl (C=O) groups excluding carboxylic acids is 2. The van der Waals surface area contributed by atoms with Crippen LogP contribution in [0.1, 0.15) is 33.3 Å². The second kappa shape index (κ2) is 9.13. The molecule has 1 heterocycles. The van der Waals surface area contributed by atoms with Gasteiger partial charge in [-0.3, -0.25) is 9.59 Å². The maximum atomic E-state index is 15.1. The van der Waals surface area contributed by atoms with Gasteiger partial charge in [-0.1, -0.05) is 41.4 Å². The van der Waals surface area contributed by atoms with Crippen molar-refractivity contribution >= 4 is 51.5 Å². The monoisotopic (exact) mass is 485 g/mol. The molecule has 4 rings (SSSR count). The van der Waals surface area contributed by atoms with E-state index in [1.54, 1.807) is 24.3 Å². The summed E-state index contributed by atoms with van der Waals surface area (Å²) in [7, 11) is 0. The molecule has 0 aliphatic carbocycles. The number of anilines is 1. The first-order valence-electron chi connectivity index (χ1n) is 9.84. The fourth-order valence-corrected chi connectivity index (χ4v) is 3.72. The van der Waals surface area contributed by atoms with E-state index in [0.717, 1.165) is 5.39 Å². The zero-order valence-corrected chi connectivity index (χ0v) is 18.9. The molecule has 0 aliphatic heterocycles. The van der Waals surface area contributed by atoms with E-state index in [-0.39, 0.29) is 40.1 Å². The number of nitrogens with two attached hydrogens (primary N) is 1. The Morgan fingerprint density at radius 1 is 1.09 bits per heavy atom. The van der Waals surface area contributed by atoms with Gasteiger partial charge in [0.15, 0.2) is 17.3 Å². The number of ketones is 1. The molecule has 9 heteroatoms. The molecule has 0 spiro atoms. The van der Waals surface area contributed by atoms with Crippen LogP contribution in [0.25, 0.3) is 10.9 Å². The van der Waals surface area contributed by atoms with Gasteiger partial charge in [0.1, 0.15) is 11.4 Å². The fraction of sp³-hybridized carbons (Fsp3) is 0.0833. The van der Waals surface area contributed by atoms with Gasteiger partial charge in [0.2, 0.25) is 0 Å². The molecule has 0 bridgehead atoms. The molecule has 0 saturated carbocycles. The number of amides is 1. The Bertz CT molecular complexity index is 1380. The van der Waals surface area contributed by atoms with Gasteiger partial charge in [-0.2, -0.15) is 0 Å². The van der Waals surface area contributed by atoms with Gasteiger partial charge in [0, 0.05) is 45.4 Å². The highest BCUT2D eigenvalue weighted by atomic mass is 35.5. The summed E-state index contributed by atoms with van der Waals surface area (Å²) in [4.78, 5) is 27.2. The second-order valence-corrected chi connectivity index (χ2v) is 8.24. The van der Waals surface area contributed by atoms with Gasteiger partial charge in [0.25, 0.3) is 5.91 Å². The first-order valence-corrected chi connectivity index (χ1v) is 10.6. The van der Waals surface area contributed by atoms with Crippen molar-refractivity contribution in [3.8, 4) is 11.5 Å². The summed E-state index contributed by atoms with van der Waals surface area (Å²) in [6.07, 6.45) is 0. The Kier molecular flexibility index (Phi) is 6.26. The van der Waals surface area contributed by atoms with E-state index < -0.39 is 11.7 Å². The first-order chi connectivity index (χ1) is 15.7. The largest absolute Gasteiger partial charge is 0.453 e. The molecule has 168 valence electrons. The number of nitrogens with one attached hydrogen (secondary N) is 2. The van der Waals surface area contributed by atoms with Crippen molar-refractivity contribution in [3.05, 3.63) is 87.3 Å². The number of rotatable bonds is 6. The molecular formula is C24H18Cl2FN3O3. The number of aromatic nitrogens is 1. The van der Waals surface area contributed by atoms with Crippen molar-refractivity contribution in [2.75, 3.05) is 5.73 Å². The van der Waals surface area contributed by atoms with Crippen LogP contribution in [-0.4, -0.2) is 16.7 Å². The number of benzene rings is 3. The highest BCUT2D eigenvalue weighted by Crippen LogP contribution is 2.35. The van der Waals surface area contributed by atoms with Crippen molar-refractivity contribution < 1.29 is 18.7 Å². The summed E-state index contributed by atoms with van der Waals surface area (Å²) in [6.45, 7) is 1.36. The Hall–Kier alpha value is -3.55. The van der Waals surface area contributed by atoms with Gasteiger partial charge >= 0.3 is 0 Å². The normalized spacial score (nSPS) is 10.9. The first kappa shape index (κ1) is 22.6. The SMILES string of the molecule is CC(=O)c1ccc2cc(C(=O)NCc3ccc(Cl)c(Oc4cc(N)cc(Cl)c4)c3F)[nH]c2c1. The number of hydrogen-bond acceptors (Lipinski definition) is 4. The molecule has 0 aliphatic rings. The summed E-state index contributed by atoms with van der Waals surface area (Å²) in [5.41, 5.74) is 7.75. The number of hydrogen-bond donors (Lipinski definition) is 3. The lowest BCUT2D eigenvalue weighted by Crippen LogP contribution is -2.23. The molecule has 0 fully saturated rings. The van der Waals surface area contributed by atoms with Crippen LogP contribution in [0.5, 0.6) is 11.5 Å². The fourth-order valence-electron chi connectivity index (χ4n) is 3.30. The van der Waals surface area contributed by atoms with Gasteiger partial charge < -0.3 is 20.8 Å². The Balaban J connectivity index is 1.52. The minimum atomic E-state index is -0.718. The maximum Gasteiger partial charge on any atom is 0.267 e. The number of nitrogen functional groups attached to an aromatic ring is 1. The number of Topliss-reactive ketones (excluding diaryl/α,β-unsaturated/α-hetero) is 1. The summed E-state index contributed by atoms with van der Waals surface area (Å²) >= 11 is 12.1. The topological polar surface area (TPSA) is 97.2 Å². The quantitative estimate of drug-likeness (QED) is 0.226. The molecule has 1 amide bonds. The second-order valence-electron chi connectivity index (χ2n) is 7.40. The number of H-pyrrole nitrogens is 1. The van der Waals surface area contributed by atoms with E-state index in [1.807, 2.05) is 0 Å². The smallest absolute Gasteiger partial charge is 0.267 e. The standard InChI is InChI=1S/C24H18Cl2FN3O3/c1-12(31)13-2-3-14-7-21(30-20(14)6-13)24(32)29-11-15-4-5-19(26)23(22(15)27)33-18-9-16(25)8-17(28)10-18/h2-10,30H,11,28H2,1H3,(H,29,32). The predicted molar refractivity (Wildman–Crippen MR) is 127 cm³/mol. The van der Waals surface area contributed by atoms with E-state index in [9.17, 15) is 9.59 Å². The summed E-state index contributed by atoms with van der Waals surface area (Å²) in [6, 6.07) is 14.2. The van der Waals surface area contributed by atoms with E-state index in [4.69, 9.17) is 33.7 Å². The van der Waals surface area contributed by atoms with Gasteiger partial charge in [-0.15, -0.1) is 0 Å². The van der Waals surface area contributed by atoms with Crippen molar-refractivity contribution in [3.63, 3.8) is 0 Å². The Labute approximate surface area is 198 Å². The van der Waals surface area contributed by atoms with Crippen LogP contribution in [0.2, 0.25) is 10.0 Å². The van der Waals surface area contributed by atoms with E-state index in [2.05, 4.69) is 10.3 Å². The van der Waals surface area contributed by atoms with Gasteiger partial charge in [-0.25, -0.2) is 4.39 Å². The highest BCUT2D eigenvalue weighted by Gasteiger charge is 2.17. The van der Waals surface area contributed by atoms with Crippen molar-refractivity contribution in [1.82, 2.24) is 10.3 Å². The van der Waals surface area contributed by atoms with Crippen LogP contribution in [0.3, 0.4) is 0 Å². The Morgan fingerprint density at radius 2 is 1.88 bits per heavy atom. The van der Waals surface area contributed by atoms with Crippen LogP contribution in [-0.2, 0) is 6.54 Å². The molecule has 4 N–H and O–H groups in total. The molecule has 0 unspecified atom stereocenters. The molecule has 1 aromatic heterocycles. The third-order valence-electron chi connectivity index (χ3n) is 4.96. The zero-order chi connectivity index (χ0) is 23.7. The molecule has 0 radical (unpaired) electrons. The third kappa shape index (κ3) is 4.94. The number of halogens is 3. The maximum absolute atomic E-state index is 15.1. The minimum absolute atomic E-state index is 0.0537. The molecule has 0 saturated heterocycles. The van der Waals surface area contributed by atoms with Crippen molar-refractivity contribution in [2.45, 2.75) is 13.5 Å². The average Bonchev–Trinajstić information content (AvgIpc) is 3.19. The summed E-state index contributed by atoms with van der Waals surface area (Å²) in [5.74, 6) is -1.20. The number of ether oxygens (including phenoxy) is 1. The number of fused-ring (bicyclic) bond motifs is 1. The number of aromatic amines is 1. The third-order valence-corrected chi connectivity index (χ3v) is 5.47. The van der Waals surface area contributed by atoms with E-state index in [0.29, 0.717) is 21.8 Å². The van der Waals surface area contributed by atoms with Crippen LogP contribution in [0.15, 0.2) is 54.6 Å². The summed E-state index contributed by atoms with van der Waals surface area (Å²) in [5, 5.41) is 3.83. The molecule has 0 atom stereocenters. The Morgan fingerprint density at radius 3 is 2.61 bits per heavy atom. The van der Waals surface area contributed by atoms with Gasteiger partial charge in [-0.05, 0) is 37.3 Å². The van der Waals surface area contributed by atoms with Crippen LogP contribution in [0, 0.1) is 5.82 Å². The zero-order valence-electron chi connectivity index (χ0n) is 17.3. The predicted octanol–water partition coefficient (Wildman–Crippen LogP) is 6.12. The van der Waals surface area contributed by atoms with E-state index in [1.165, 1.54) is 37.3 Å². The van der Waals surface area contributed by atoms with E-state index >= 15 is 4.39 Å². The lowest BCUT2D eigenvalue weighted by atomic mass is 10.1. The molecule has 6 nitrogen and oxygen atoms in total. The highest BCUT2D eigenvalue weighted by molar-refractivity contribution is 6.32. The molecule has 33 heavy (non-hydrogen) atoms. The van der Waals surface area contributed by atoms with Crippen molar-refractivity contribution in [2.24, 2.45) is 0 Å². The lowest BCUT2D eigenvalue weighted by Gasteiger charge is -2.13. The molecule has 4 aromatic rings. The average molecular weight is 486 g/mol. The minimum Gasteiger partial charge on any atom is -0.453 e. The van der Waals surface area contributed by atoms with Gasteiger partial charge in [0.05, 0.1) is 5.02 Å². The van der Waals surface area contributed by atoms with Crippen LogP contribution < -0.4 is 15.8 Å². The van der Waals surface area contributed by atoms with Crippen LogP contribution in [0.4, 0.5) is 10.1 Å². The lowest BCUT2D eigenvalue weighted by molar-refractivity contribution is 0.0945. The molecular weight excluding hydrogens is 468 g/mol.